The second-order valence-corrected chi connectivity index (χ2v) is 10.9. The number of carbonyl (C=O) groups excluding carboxylic acids is 1. The number of hydrogen-bond acceptors (Lipinski definition) is 5. The molecule has 0 bridgehead atoms. The summed E-state index contributed by atoms with van der Waals surface area (Å²) in [7, 11) is 0. The normalized spacial score (nSPS) is 13.3. The van der Waals surface area contributed by atoms with Crippen molar-refractivity contribution in [3.63, 3.8) is 0 Å². The number of carbonyl (C=O) groups is 1. The summed E-state index contributed by atoms with van der Waals surface area (Å²) >= 11 is 2.86. The Balaban J connectivity index is 1.34. The summed E-state index contributed by atoms with van der Waals surface area (Å²) in [5.41, 5.74) is 4.08. The maximum atomic E-state index is 13.7. The van der Waals surface area contributed by atoms with Gasteiger partial charge in [0.05, 0.1) is 11.3 Å². The molecular formula is C29H25N3O2S2. The summed E-state index contributed by atoms with van der Waals surface area (Å²) < 4.78 is 3.48. The summed E-state index contributed by atoms with van der Waals surface area (Å²) in [6.07, 6.45) is 2.68. The van der Waals surface area contributed by atoms with Gasteiger partial charge >= 0.3 is 0 Å². The Hall–Kier alpha value is -3.42. The second-order valence-electron chi connectivity index (χ2n) is 8.93. The van der Waals surface area contributed by atoms with Crippen LogP contribution >= 0.6 is 23.1 Å². The number of para-hydroxylation sites is 1. The van der Waals surface area contributed by atoms with Crippen molar-refractivity contribution in [2.45, 2.75) is 31.0 Å². The van der Waals surface area contributed by atoms with Crippen LogP contribution in [0.1, 0.15) is 17.5 Å². The maximum Gasteiger partial charge on any atom is 0.272 e. The molecule has 0 unspecified atom stereocenters. The van der Waals surface area contributed by atoms with Crippen LogP contribution in [-0.4, -0.2) is 27.8 Å². The van der Waals surface area contributed by atoms with Crippen molar-refractivity contribution in [2.75, 3.05) is 17.2 Å². The predicted octanol–water partition coefficient (Wildman–Crippen LogP) is 5.93. The van der Waals surface area contributed by atoms with Gasteiger partial charge in [0.15, 0.2) is 5.16 Å². The highest BCUT2D eigenvalue weighted by Crippen LogP contribution is 2.32. The Kier molecular flexibility index (Phi) is 6.34. The zero-order valence-electron chi connectivity index (χ0n) is 19.7. The van der Waals surface area contributed by atoms with E-state index in [1.165, 1.54) is 28.7 Å². The minimum atomic E-state index is -0.0320. The van der Waals surface area contributed by atoms with Crippen LogP contribution in [-0.2, 0) is 24.2 Å². The van der Waals surface area contributed by atoms with Gasteiger partial charge in [-0.25, -0.2) is 4.98 Å². The van der Waals surface area contributed by atoms with Gasteiger partial charge in [0, 0.05) is 28.9 Å². The lowest BCUT2D eigenvalue weighted by molar-refractivity contribution is -0.116. The topological polar surface area (TPSA) is 55.2 Å². The summed E-state index contributed by atoms with van der Waals surface area (Å²) in [6.45, 7) is 1.24. The lowest BCUT2D eigenvalue weighted by Crippen LogP contribution is -2.36. The van der Waals surface area contributed by atoms with E-state index in [1.54, 1.807) is 4.57 Å². The molecule has 0 saturated heterocycles. The number of amides is 1. The molecule has 5 nitrogen and oxygen atoms in total. The molecule has 3 aromatic carbocycles. The van der Waals surface area contributed by atoms with Crippen molar-refractivity contribution in [3.05, 3.63) is 100 Å². The molecule has 0 fully saturated rings. The minimum absolute atomic E-state index is 0.0320. The standard InChI is InChI=1S/C29H25N3O2S2/c33-25(31-17-8-12-21-11-4-6-14-23(21)31)19-35-29-30-26-22-13-5-7-15-24(22)36-27(26)28(34)32(29)18-16-20-9-2-1-3-10-20/h1-7,9-11,13-15H,8,12,16-19H2. The molecule has 7 heteroatoms. The molecule has 0 atom stereocenters. The zero-order chi connectivity index (χ0) is 24.5. The van der Waals surface area contributed by atoms with Crippen LogP contribution in [0.5, 0.6) is 0 Å². The van der Waals surface area contributed by atoms with E-state index < -0.39 is 0 Å². The van der Waals surface area contributed by atoms with Crippen molar-refractivity contribution < 1.29 is 4.79 Å². The molecule has 1 amide bonds. The molecule has 1 aliphatic heterocycles. The monoisotopic (exact) mass is 511 g/mol. The van der Waals surface area contributed by atoms with E-state index in [0.717, 1.165) is 52.7 Å². The molecular weight excluding hydrogens is 486 g/mol. The highest BCUT2D eigenvalue weighted by Gasteiger charge is 2.23. The van der Waals surface area contributed by atoms with Gasteiger partial charge in [-0.1, -0.05) is 78.5 Å². The Morgan fingerprint density at radius 2 is 1.75 bits per heavy atom. The van der Waals surface area contributed by atoms with E-state index in [9.17, 15) is 9.59 Å². The van der Waals surface area contributed by atoms with Crippen LogP contribution < -0.4 is 10.5 Å². The molecule has 3 heterocycles. The van der Waals surface area contributed by atoms with Gasteiger partial charge in [-0.3, -0.25) is 14.2 Å². The van der Waals surface area contributed by atoms with Crippen LogP contribution in [0.25, 0.3) is 20.3 Å². The van der Waals surface area contributed by atoms with E-state index in [2.05, 4.69) is 18.2 Å². The van der Waals surface area contributed by atoms with E-state index in [0.29, 0.717) is 16.4 Å². The molecule has 0 spiro atoms. The van der Waals surface area contributed by atoms with Gasteiger partial charge in [-0.2, -0.15) is 0 Å². The summed E-state index contributed by atoms with van der Waals surface area (Å²) in [5.74, 6) is 0.283. The molecule has 1 aliphatic rings. The van der Waals surface area contributed by atoms with Crippen molar-refractivity contribution >= 4 is 55.0 Å². The highest BCUT2D eigenvalue weighted by atomic mass is 32.2. The van der Waals surface area contributed by atoms with Crippen LogP contribution in [0.2, 0.25) is 0 Å². The summed E-state index contributed by atoms with van der Waals surface area (Å²) in [6, 6.07) is 26.3. The van der Waals surface area contributed by atoms with Crippen molar-refractivity contribution in [1.82, 2.24) is 9.55 Å². The fourth-order valence-corrected chi connectivity index (χ4v) is 6.83. The predicted molar refractivity (Wildman–Crippen MR) is 149 cm³/mol. The van der Waals surface area contributed by atoms with Crippen LogP contribution in [0.4, 0.5) is 5.69 Å². The number of nitrogens with zero attached hydrogens (tertiary/aromatic N) is 3. The number of fused-ring (bicyclic) bond motifs is 4. The first kappa shape index (κ1) is 23.0. The second kappa shape index (κ2) is 9.91. The Bertz CT molecular complexity index is 1620. The van der Waals surface area contributed by atoms with Crippen LogP contribution in [0.15, 0.2) is 88.8 Å². The smallest absolute Gasteiger partial charge is 0.272 e. The fraction of sp³-hybridized carbons (Fsp3) is 0.207. The molecule has 6 rings (SSSR count). The molecule has 180 valence electrons. The summed E-state index contributed by atoms with van der Waals surface area (Å²) in [4.78, 5) is 33.9. The summed E-state index contributed by atoms with van der Waals surface area (Å²) in [5, 5.41) is 1.59. The number of rotatable bonds is 6. The first-order valence-corrected chi connectivity index (χ1v) is 14.0. The maximum absolute atomic E-state index is 13.7. The Morgan fingerprint density at radius 1 is 0.972 bits per heavy atom. The van der Waals surface area contributed by atoms with Crippen molar-refractivity contribution in [2.24, 2.45) is 0 Å². The van der Waals surface area contributed by atoms with E-state index in [1.807, 2.05) is 65.6 Å². The first-order chi connectivity index (χ1) is 17.7. The highest BCUT2D eigenvalue weighted by molar-refractivity contribution is 7.99. The number of hydrogen-bond donors (Lipinski definition) is 0. The van der Waals surface area contributed by atoms with Gasteiger partial charge < -0.3 is 4.90 Å². The molecule has 5 aromatic rings. The fourth-order valence-electron chi connectivity index (χ4n) is 4.84. The third-order valence-corrected chi connectivity index (χ3v) is 8.76. The lowest BCUT2D eigenvalue weighted by Gasteiger charge is -2.29. The van der Waals surface area contributed by atoms with Crippen molar-refractivity contribution in [1.29, 1.82) is 0 Å². The number of benzene rings is 3. The number of anilines is 1. The van der Waals surface area contributed by atoms with Gasteiger partial charge in [-0.15, -0.1) is 11.3 Å². The van der Waals surface area contributed by atoms with Gasteiger partial charge in [0.2, 0.25) is 5.91 Å². The van der Waals surface area contributed by atoms with Gasteiger partial charge in [0.25, 0.3) is 5.56 Å². The van der Waals surface area contributed by atoms with Crippen LogP contribution in [0.3, 0.4) is 0 Å². The van der Waals surface area contributed by atoms with E-state index >= 15 is 0 Å². The Morgan fingerprint density at radius 3 is 2.64 bits per heavy atom. The third kappa shape index (κ3) is 4.33. The molecule has 0 N–H and O–H groups in total. The Labute approximate surface area is 217 Å². The SMILES string of the molecule is O=C(CSc1nc2c(sc3ccccc32)c(=O)n1CCc1ccccc1)N1CCCc2ccccc21. The quantitative estimate of drug-likeness (QED) is 0.210. The largest absolute Gasteiger partial charge is 0.311 e. The molecule has 0 saturated carbocycles. The zero-order valence-corrected chi connectivity index (χ0v) is 21.4. The van der Waals surface area contributed by atoms with E-state index in [4.69, 9.17) is 4.98 Å². The lowest BCUT2D eigenvalue weighted by atomic mass is 10.0. The van der Waals surface area contributed by atoms with E-state index in [-0.39, 0.29) is 17.2 Å². The average Bonchev–Trinajstić information content (AvgIpc) is 3.30. The molecule has 2 aromatic heterocycles. The van der Waals surface area contributed by atoms with Crippen LogP contribution in [0, 0.1) is 0 Å². The van der Waals surface area contributed by atoms with Crippen molar-refractivity contribution in [3.8, 4) is 0 Å². The number of aromatic nitrogens is 2. The van der Waals surface area contributed by atoms with Gasteiger partial charge in [0.1, 0.15) is 4.70 Å². The molecule has 0 radical (unpaired) electrons. The molecule has 0 aliphatic carbocycles. The number of aryl methyl sites for hydroxylation is 2. The average molecular weight is 512 g/mol. The third-order valence-electron chi connectivity index (χ3n) is 6.65. The minimum Gasteiger partial charge on any atom is -0.311 e. The first-order valence-electron chi connectivity index (χ1n) is 12.2. The number of thiophene rings is 1. The molecule has 36 heavy (non-hydrogen) atoms. The van der Waals surface area contributed by atoms with Gasteiger partial charge in [-0.05, 0) is 42.5 Å². The number of thioether (sulfide) groups is 1.